The Kier molecular flexibility index (Phi) is 3.63. The van der Waals surface area contributed by atoms with Crippen molar-refractivity contribution in [2.45, 2.75) is 25.8 Å². The molecule has 1 aromatic rings. The molecule has 2 N–H and O–H groups in total. The summed E-state index contributed by atoms with van der Waals surface area (Å²) in [5, 5.41) is 3.18. The minimum absolute atomic E-state index is 0.0743. The largest absolute Gasteiger partial charge is 0.313 e. The lowest BCUT2D eigenvalue weighted by atomic mass is 10.3. The Labute approximate surface area is 102 Å². The molecule has 2 rings (SSSR count). The fourth-order valence-electron chi connectivity index (χ4n) is 2.00. The van der Waals surface area contributed by atoms with Crippen molar-refractivity contribution in [1.82, 2.24) is 10.3 Å². The zero-order valence-corrected chi connectivity index (χ0v) is 10.6. The molecule has 0 amide bonds. The van der Waals surface area contributed by atoms with E-state index in [9.17, 15) is 8.42 Å². The topological polar surface area (TPSA) is 71.1 Å². The number of anilines is 1. The molecule has 1 unspecified atom stereocenters. The maximum Gasteiger partial charge on any atom is 0.234 e. The Morgan fingerprint density at radius 1 is 1.53 bits per heavy atom. The predicted octanol–water partition coefficient (Wildman–Crippen LogP) is 0.884. The van der Waals surface area contributed by atoms with Gasteiger partial charge in [0.05, 0.1) is 17.6 Å². The number of nitrogens with zero attached hydrogens (tertiary/aromatic N) is 1. The molecule has 0 aromatic carbocycles. The number of pyridine rings is 1. The lowest BCUT2D eigenvalue weighted by molar-refractivity contribution is 0.582. The van der Waals surface area contributed by atoms with Crippen LogP contribution in [0.4, 0.5) is 5.69 Å². The summed E-state index contributed by atoms with van der Waals surface area (Å²) in [5.41, 5.74) is 1.46. The van der Waals surface area contributed by atoms with Gasteiger partial charge in [-0.25, -0.2) is 8.42 Å². The Hall–Kier alpha value is -1.14. The average molecular weight is 255 g/mol. The SMILES string of the molecule is Cc1cncc(NS(=O)(=O)CC2CCCN2)c1. The van der Waals surface area contributed by atoms with Crippen LogP contribution in [0.5, 0.6) is 0 Å². The van der Waals surface area contributed by atoms with Gasteiger partial charge >= 0.3 is 0 Å². The van der Waals surface area contributed by atoms with E-state index in [1.165, 1.54) is 6.20 Å². The van der Waals surface area contributed by atoms with E-state index in [0.29, 0.717) is 5.69 Å². The van der Waals surface area contributed by atoms with Crippen LogP contribution in [0.2, 0.25) is 0 Å². The molecular formula is C11H17N3O2S. The van der Waals surface area contributed by atoms with Gasteiger partial charge in [-0.3, -0.25) is 9.71 Å². The second-order valence-electron chi connectivity index (χ2n) is 4.43. The van der Waals surface area contributed by atoms with Gasteiger partial charge in [-0.15, -0.1) is 0 Å². The summed E-state index contributed by atoms with van der Waals surface area (Å²) in [5.74, 6) is 0.126. The normalized spacial score (nSPS) is 20.4. The van der Waals surface area contributed by atoms with E-state index in [1.807, 2.05) is 6.92 Å². The van der Waals surface area contributed by atoms with Crippen molar-refractivity contribution in [3.63, 3.8) is 0 Å². The Balaban J connectivity index is 2.01. The maximum atomic E-state index is 11.9. The van der Waals surface area contributed by atoms with Gasteiger partial charge in [0.1, 0.15) is 0 Å². The Morgan fingerprint density at radius 3 is 3.00 bits per heavy atom. The molecule has 17 heavy (non-hydrogen) atoms. The lowest BCUT2D eigenvalue weighted by Crippen LogP contribution is -2.32. The van der Waals surface area contributed by atoms with Gasteiger partial charge in [0.15, 0.2) is 0 Å². The third-order valence-electron chi connectivity index (χ3n) is 2.73. The zero-order valence-electron chi connectivity index (χ0n) is 9.81. The van der Waals surface area contributed by atoms with Crippen LogP contribution in [-0.4, -0.2) is 31.7 Å². The molecule has 0 saturated carbocycles. The van der Waals surface area contributed by atoms with Gasteiger partial charge in [0.2, 0.25) is 10.0 Å². The summed E-state index contributed by atoms with van der Waals surface area (Å²) in [4.78, 5) is 3.96. The summed E-state index contributed by atoms with van der Waals surface area (Å²) >= 11 is 0. The first kappa shape index (κ1) is 12.3. The minimum Gasteiger partial charge on any atom is -0.313 e. The first-order valence-electron chi connectivity index (χ1n) is 5.71. The van der Waals surface area contributed by atoms with E-state index >= 15 is 0 Å². The quantitative estimate of drug-likeness (QED) is 0.838. The van der Waals surface area contributed by atoms with Crippen LogP contribution >= 0.6 is 0 Å². The fraction of sp³-hybridized carbons (Fsp3) is 0.545. The van der Waals surface area contributed by atoms with Gasteiger partial charge in [-0.2, -0.15) is 0 Å². The van der Waals surface area contributed by atoms with Gasteiger partial charge in [-0.05, 0) is 37.9 Å². The fourth-order valence-corrected chi connectivity index (χ4v) is 3.36. The van der Waals surface area contributed by atoms with Crippen molar-refractivity contribution < 1.29 is 8.42 Å². The molecular weight excluding hydrogens is 238 g/mol. The highest BCUT2D eigenvalue weighted by Crippen LogP contribution is 2.12. The predicted molar refractivity (Wildman–Crippen MR) is 67.4 cm³/mol. The Bertz CT molecular complexity index is 481. The first-order valence-corrected chi connectivity index (χ1v) is 7.36. The molecule has 0 radical (unpaired) electrons. The minimum atomic E-state index is -3.29. The highest BCUT2D eigenvalue weighted by molar-refractivity contribution is 7.92. The molecule has 1 aliphatic heterocycles. The van der Waals surface area contributed by atoms with E-state index in [0.717, 1.165) is 24.9 Å². The molecule has 6 heteroatoms. The summed E-state index contributed by atoms with van der Waals surface area (Å²) < 4.78 is 26.3. The number of sulfonamides is 1. The maximum absolute atomic E-state index is 11.9. The number of nitrogens with one attached hydrogen (secondary N) is 2. The molecule has 2 heterocycles. The summed E-state index contributed by atoms with van der Waals surface area (Å²) in [6.07, 6.45) is 5.18. The highest BCUT2D eigenvalue weighted by atomic mass is 32.2. The van der Waals surface area contributed by atoms with E-state index in [2.05, 4.69) is 15.0 Å². The zero-order chi connectivity index (χ0) is 12.3. The van der Waals surface area contributed by atoms with Crippen LogP contribution in [0.1, 0.15) is 18.4 Å². The summed E-state index contributed by atoms with van der Waals surface area (Å²) in [6.45, 7) is 2.79. The lowest BCUT2D eigenvalue weighted by Gasteiger charge is -2.12. The van der Waals surface area contributed by atoms with Crippen molar-refractivity contribution in [2.75, 3.05) is 17.0 Å². The monoisotopic (exact) mass is 255 g/mol. The van der Waals surface area contributed by atoms with Crippen molar-refractivity contribution in [2.24, 2.45) is 0 Å². The number of aryl methyl sites for hydroxylation is 1. The third-order valence-corrected chi connectivity index (χ3v) is 4.12. The standard InChI is InChI=1S/C11H17N3O2S/c1-9-5-11(7-12-6-9)14-17(15,16)8-10-3-2-4-13-10/h5-7,10,13-14H,2-4,8H2,1H3. The molecule has 0 bridgehead atoms. The average Bonchev–Trinajstić information content (AvgIpc) is 2.68. The van der Waals surface area contributed by atoms with Gasteiger partial charge in [0.25, 0.3) is 0 Å². The van der Waals surface area contributed by atoms with Crippen LogP contribution in [0, 0.1) is 6.92 Å². The van der Waals surface area contributed by atoms with E-state index in [4.69, 9.17) is 0 Å². The number of hydrogen-bond acceptors (Lipinski definition) is 4. The summed E-state index contributed by atoms with van der Waals surface area (Å²) in [7, 11) is -3.29. The van der Waals surface area contributed by atoms with Crippen LogP contribution in [0.15, 0.2) is 18.5 Å². The third kappa shape index (κ3) is 3.67. The van der Waals surface area contributed by atoms with Crippen molar-refractivity contribution in [3.05, 3.63) is 24.0 Å². The van der Waals surface area contributed by atoms with Gasteiger partial charge < -0.3 is 5.32 Å². The van der Waals surface area contributed by atoms with Crippen LogP contribution in [-0.2, 0) is 10.0 Å². The molecule has 94 valence electrons. The van der Waals surface area contributed by atoms with E-state index < -0.39 is 10.0 Å². The number of hydrogen-bond donors (Lipinski definition) is 2. The molecule has 1 aromatic heterocycles. The van der Waals surface area contributed by atoms with Crippen LogP contribution in [0.25, 0.3) is 0 Å². The number of rotatable bonds is 4. The first-order chi connectivity index (χ1) is 8.05. The molecule has 1 saturated heterocycles. The highest BCUT2D eigenvalue weighted by Gasteiger charge is 2.21. The molecule has 5 nitrogen and oxygen atoms in total. The number of aromatic nitrogens is 1. The van der Waals surface area contributed by atoms with Crippen molar-refractivity contribution in [1.29, 1.82) is 0 Å². The molecule has 0 aliphatic carbocycles. The summed E-state index contributed by atoms with van der Waals surface area (Å²) in [6, 6.07) is 1.84. The second-order valence-corrected chi connectivity index (χ2v) is 6.19. The second kappa shape index (κ2) is 5.01. The van der Waals surface area contributed by atoms with Crippen molar-refractivity contribution in [3.8, 4) is 0 Å². The molecule has 1 atom stereocenters. The molecule has 0 spiro atoms. The molecule has 1 fully saturated rings. The van der Waals surface area contributed by atoms with Gasteiger partial charge in [-0.1, -0.05) is 0 Å². The van der Waals surface area contributed by atoms with Crippen LogP contribution < -0.4 is 10.0 Å². The smallest absolute Gasteiger partial charge is 0.234 e. The van der Waals surface area contributed by atoms with E-state index in [-0.39, 0.29) is 11.8 Å². The Morgan fingerprint density at radius 2 is 2.35 bits per heavy atom. The van der Waals surface area contributed by atoms with Crippen molar-refractivity contribution >= 4 is 15.7 Å². The van der Waals surface area contributed by atoms with E-state index in [1.54, 1.807) is 12.3 Å². The molecule has 1 aliphatic rings. The van der Waals surface area contributed by atoms with Gasteiger partial charge in [0, 0.05) is 12.2 Å². The van der Waals surface area contributed by atoms with Crippen LogP contribution in [0.3, 0.4) is 0 Å².